The summed E-state index contributed by atoms with van der Waals surface area (Å²) >= 11 is 0. The summed E-state index contributed by atoms with van der Waals surface area (Å²) in [4.78, 5) is 27.4. The second-order valence-corrected chi connectivity index (χ2v) is 9.69. The number of hydrogen-bond acceptors (Lipinski definition) is 5. The number of fused-ring (bicyclic) bond motifs is 13. The van der Waals surface area contributed by atoms with E-state index >= 15 is 0 Å². The molecule has 0 fully saturated rings. The normalized spacial score (nSPS) is 19.9. The highest BCUT2D eigenvalue weighted by Crippen LogP contribution is 2.21. The molecule has 8 heteroatoms. The lowest BCUT2D eigenvalue weighted by Gasteiger charge is -2.30. The number of benzene rings is 2. The summed E-state index contributed by atoms with van der Waals surface area (Å²) in [7, 11) is 1.56. The predicted molar refractivity (Wildman–Crippen MR) is 145 cm³/mol. The van der Waals surface area contributed by atoms with Gasteiger partial charge in [-0.15, -0.1) is 12.3 Å². The fraction of sp³-hybridized carbons (Fsp3) is 0.467. The van der Waals surface area contributed by atoms with Gasteiger partial charge in [-0.05, 0) is 54.5 Å². The van der Waals surface area contributed by atoms with Crippen LogP contribution in [-0.4, -0.2) is 60.2 Å². The maximum atomic E-state index is 14.7. The van der Waals surface area contributed by atoms with Gasteiger partial charge < -0.3 is 25.4 Å². The van der Waals surface area contributed by atoms with Gasteiger partial charge in [-0.1, -0.05) is 37.3 Å². The quantitative estimate of drug-likeness (QED) is 0.486. The number of aliphatic hydroxyl groups is 1. The number of nitrogens with zero attached hydrogens (tertiary/aromatic N) is 1. The Morgan fingerprint density at radius 1 is 1.24 bits per heavy atom. The third-order valence-corrected chi connectivity index (χ3v) is 6.84. The molecule has 38 heavy (non-hydrogen) atoms. The van der Waals surface area contributed by atoms with Crippen molar-refractivity contribution in [1.82, 2.24) is 15.5 Å². The third-order valence-electron chi connectivity index (χ3n) is 6.84. The van der Waals surface area contributed by atoms with Crippen molar-refractivity contribution in [3.05, 3.63) is 65.0 Å². The molecule has 4 rings (SSSR count). The average molecular weight is 524 g/mol. The van der Waals surface area contributed by atoms with Gasteiger partial charge in [-0.3, -0.25) is 9.59 Å². The highest BCUT2D eigenvalue weighted by Gasteiger charge is 2.30. The van der Waals surface area contributed by atoms with Crippen LogP contribution in [0.1, 0.15) is 49.3 Å². The number of rotatable bonds is 7. The van der Waals surface area contributed by atoms with Crippen LogP contribution in [0.15, 0.2) is 42.5 Å². The summed E-state index contributed by atoms with van der Waals surface area (Å²) in [5.74, 6) is 1.44. The minimum absolute atomic E-state index is 0.0370. The van der Waals surface area contributed by atoms with E-state index in [0.717, 1.165) is 12.0 Å². The van der Waals surface area contributed by atoms with Crippen LogP contribution in [0.2, 0.25) is 0 Å². The van der Waals surface area contributed by atoms with Crippen LogP contribution >= 0.6 is 0 Å². The molecule has 204 valence electrons. The lowest BCUT2D eigenvalue weighted by Crippen LogP contribution is -2.55. The van der Waals surface area contributed by atoms with E-state index in [1.165, 1.54) is 16.5 Å². The summed E-state index contributed by atoms with van der Waals surface area (Å²) in [5.41, 5.74) is 2.91. The Labute approximate surface area is 224 Å². The molecule has 2 aromatic carbocycles. The van der Waals surface area contributed by atoms with Gasteiger partial charge in [0.2, 0.25) is 11.8 Å². The van der Waals surface area contributed by atoms with Crippen molar-refractivity contribution in [3.8, 4) is 18.1 Å². The number of carbonyl (C=O) groups is 2. The number of aryl methyl sites for hydroxylation is 1. The van der Waals surface area contributed by atoms with Crippen LogP contribution < -0.4 is 15.4 Å². The van der Waals surface area contributed by atoms with E-state index in [2.05, 4.69) is 35.6 Å². The molecule has 0 aliphatic carbocycles. The first-order valence-corrected chi connectivity index (χ1v) is 13.2. The zero-order valence-electron chi connectivity index (χ0n) is 22.2. The Hall–Kier alpha value is -3.41. The fourth-order valence-corrected chi connectivity index (χ4v) is 4.50. The molecule has 2 bridgehead atoms. The van der Waals surface area contributed by atoms with E-state index in [1.807, 2.05) is 12.1 Å². The van der Waals surface area contributed by atoms with Gasteiger partial charge in [-0.2, -0.15) is 0 Å². The van der Waals surface area contributed by atoms with Gasteiger partial charge in [0.25, 0.3) is 0 Å². The zero-order chi connectivity index (χ0) is 27.5. The van der Waals surface area contributed by atoms with Crippen molar-refractivity contribution in [1.29, 1.82) is 0 Å². The molecule has 7 nitrogen and oxygen atoms in total. The SMILES string of the molecule is C#CCC1C(=O)N[C@H]([C@H](O)CNCc2cccc(CC)c2)Cc2ccc(c(F)c2)OCCCCC(=O)N1C. The van der Waals surface area contributed by atoms with Gasteiger partial charge in [0.15, 0.2) is 11.6 Å². The van der Waals surface area contributed by atoms with E-state index in [1.54, 1.807) is 19.2 Å². The van der Waals surface area contributed by atoms with Gasteiger partial charge in [-0.25, -0.2) is 4.39 Å². The van der Waals surface area contributed by atoms with Crippen molar-refractivity contribution in [2.24, 2.45) is 0 Å². The van der Waals surface area contributed by atoms with Crippen LogP contribution in [-0.2, 0) is 29.0 Å². The van der Waals surface area contributed by atoms with Crippen LogP contribution in [0, 0.1) is 18.2 Å². The smallest absolute Gasteiger partial charge is 0.244 e. The van der Waals surface area contributed by atoms with Gasteiger partial charge >= 0.3 is 0 Å². The van der Waals surface area contributed by atoms with Crippen molar-refractivity contribution in [3.63, 3.8) is 0 Å². The Balaban J connectivity index is 1.80. The molecule has 0 radical (unpaired) electrons. The minimum atomic E-state index is -0.987. The first-order chi connectivity index (χ1) is 18.3. The highest BCUT2D eigenvalue weighted by molar-refractivity contribution is 5.88. The molecule has 3 atom stereocenters. The van der Waals surface area contributed by atoms with Crippen molar-refractivity contribution >= 4 is 11.8 Å². The standard InChI is InChI=1S/C30H38FN3O4/c1-4-9-26-30(37)33-25(27(35)20-32-19-23-11-8-10-21(5-2)16-23)18-22-13-14-28(24(31)17-22)38-15-7-6-12-29(36)34(26)3/h1,8,10-11,13-14,16-17,25-27,32,35H,5-7,9,12,15,18-20H2,2-3H3,(H,33,37)/t25-,26?,27+/m0/s1. The molecule has 2 heterocycles. The summed E-state index contributed by atoms with van der Waals surface area (Å²) < 4.78 is 20.3. The molecular weight excluding hydrogens is 485 g/mol. The number of terminal acetylenes is 1. The minimum Gasteiger partial charge on any atom is -0.491 e. The fourth-order valence-electron chi connectivity index (χ4n) is 4.50. The van der Waals surface area contributed by atoms with Crippen LogP contribution in [0.3, 0.4) is 0 Å². The Bertz CT molecular complexity index is 1130. The number of carbonyl (C=O) groups excluding carboxylic acids is 2. The molecule has 0 saturated heterocycles. The number of likely N-dealkylation sites (N-methyl/N-ethyl adjacent to an activating group) is 1. The zero-order valence-corrected chi connectivity index (χ0v) is 22.2. The first kappa shape index (κ1) is 29.2. The lowest BCUT2D eigenvalue weighted by atomic mass is 9.99. The third kappa shape index (κ3) is 8.30. The largest absolute Gasteiger partial charge is 0.491 e. The van der Waals surface area contributed by atoms with E-state index in [-0.39, 0.29) is 44.1 Å². The number of nitrogens with one attached hydrogen (secondary N) is 2. The second-order valence-electron chi connectivity index (χ2n) is 9.69. The van der Waals surface area contributed by atoms with Crippen molar-refractivity contribution < 1.29 is 23.8 Å². The van der Waals surface area contributed by atoms with Crippen LogP contribution in [0.25, 0.3) is 0 Å². The Kier molecular flexibility index (Phi) is 11.1. The van der Waals surface area contributed by atoms with Crippen molar-refractivity contribution in [2.75, 3.05) is 20.2 Å². The number of aliphatic hydroxyl groups excluding tert-OH is 1. The molecule has 0 saturated carbocycles. The number of ether oxygens (including phenoxy) is 1. The van der Waals surface area contributed by atoms with Crippen LogP contribution in [0.4, 0.5) is 4.39 Å². The molecule has 0 spiro atoms. The molecular formula is C30H38FN3O4. The molecule has 3 N–H and O–H groups in total. The van der Waals surface area contributed by atoms with Crippen molar-refractivity contribution in [2.45, 2.75) is 70.2 Å². The average Bonchev–Trinajstić information content (AvgIpc) is 2.91. The van der Waals surface area contributed by atoms with E-state index in [9.17, 15) is 19.1 Å². The molecule has 1 unspecified atom stereocenters. The number of amides is 2. The molecule has 2 aliphatic heterocycles. The summed E-state index contributed by atoms with van der Waals surface area (Å²) in [5, 5.41) is 17.2. The van der Waals surface area contributed by atoms with Crippen LogP contribution in [0.5, 0.6) is 5.75 Å². The van der Waals surface area contributed by atoms with Gasteiger partial charge in [0.1, 0.15) is 6.04 Å². The molecule has 2 aromatic rings. The van der Waals surface area contributed by atoms with E-state index in [0.29, 0.717) is 24.9 Å². The maximum Gasteiger partial charge on any atom is 0.244 e. The maximum absolute atomic E-state index is 14.7. The summed E-state index contributed by atoms with van der Waals surface area (Å²) in [6.07, 6.45) is 6.99. The molecule has 2 amide bonds. The van der Waals surface area contributed by atoms with E-state index < -0.39 is 29.9 Å². The topological polar surface area (TPSA) is 90.9 Å². The Morgan fingerprint density at radius 2 is 2.03 bits per heavy atom. The lowest BCUT2D eigenvalue weighted by molar-refractivity contribution is -0.139. The molecule has 2 aliphatic rings. The Morgan fingerprint density at radius 3 is 2.76 bits per heavy atom. The summed E-state index contributed by atoms with van der Waals surface area (Å²) in [6, 6.07) is 11.2. The predicted octanol–water partition coefficient (Wildman–Crippen LogP) is 2.98. The highest BCUT2D eigenvalue weighted by atomic mass is 19.1. The first-order valence-electron chi connectivity index (χ1n) is 13.2. The second kappa shape index (κ2) is 14.5. The van der Waals surface area contributed by atoms with Gasteiger partial charge in [0, 0.05) is 33.0 Å². The molecule has 0 aromatic heterocycles. The summed E-state index contributed by atoms with van der Waals surface area (Å²) in [6.45, 7) is 3.11. The monoisotopic (exact) mass is 523 g/mol. The number of hydrogen-bond donors (Lipinski definition) is 3. The van der Waals surface area contributed by atoms with Gasteiger partial charge in [0.05, 0.1) is 18.8 Å². The van der Waals surface area contributed by atoms with E-state index in [4.69, 9.17) is 11.2 Å². The number of halogens is 1.